The lowest BCUT2D eigenvalue weighted by Gasteiger charge is -2.21. The SMILES string of the molecule is CC(C)C[C@H](N[C@@H](Cn1ccn(CCc2cccc(Cl)c2)c1=O)C(=O)O)C(=O)O. The van der Waals surface area contributed by atoms with E-state index in [1.165, 1.54) is 15.3 Å². The van der Waals surface area contributed by atoms with Crippen LogP contribution in [0.4, 0.5) is 0 Å². The fourth-order valence-electron chi connectivity index (χ4n) is 3.06. The number of nitrogens with one attached hydrogen (secondary N) is 1. The van der Waals surface area contributed by atoms with Crippen LogP contribution in [0.1, 0.15) is 25.8 Å². The van der Waals surface area contributed by atoms with Crippen molar-refractivity contribution in [3.63, 3.8) is 0 Å². The van der Waals surface area contributed by atoms with Crippen molar-refractivity contribution in [2.24, 2.45) is 5.92 Å². The van der Waals surface area contributed by atoms with Crippen molar-refractivity contribution in [3.05, 3.63) is 57.7 Å². The number of nitrogens with zero attached hydrogens (tertiary/aromatic N) is 2. The molecular weight excluding hydrogens is 398 g/mol. The molecule has 0 saturated carbocycles. The minimum Gasteiger partial charge on any atom is -0.480 e. The maximum Gasteiger partial charge on any atom is 0.328 e. The van der Waals surface area contributed by atoms with E-state index in [1.54, 1.807) is 12.3 Å². The summed E-state index contributed by atoms with van der Waals surface area (Å²) >= 11 is 5.97. The molecule has 0 fully saturated rings. The molecule has 1 aromatic carbocycles. The van der Waals surface area contributed by atoms with E-state index >= 15 is 0 Å². The van der Waals surface area contributed by atoms with Gasteiger partial charge in [0.1, 0.15) is 12.1 Å². The Morgan fingerprint density at radius 2 is 1.76 bits per heavy atom. The van der Waals surface area contributed by atoms with Gasteiger partial charge in [0.25, 0.3) is 0 Å². The van der Waals surface area contributed by atoms with Gasteiger partial charge in [0.15, 0.2) is 0 Å². The Labute approximate surface area is 173 Å². The maximum atomic E-state index is 12.6. The van der Waals surface area contributed by atoms with Gasteiger partial charge in [-0.25, -0.2) is 4.79 Å². The van der Waals surface area contributed by atoms with Crippen molar-refractivity contribution < 1.29 is 19.8 Å². The Balaban J connectivity index is 2.07. The molecule has 0 radical (unpaired) electrons. The van der Waals surface area contributed by atoms with Crippen molar-refractivity contribution in [3.8, 4) is 0 Å². The van der Waals surface area contributed by atoms with Gasteiger partial charge in [-0.1, -0.05) is 37.6 Å². The first-order valence-electron chi connectivity index (χ1n) is 9.39. The molecule has 0 unspecified atom stereocenters. The summed E-state index contributed by atoms with van der Waals surface area (Å²) in [5.41, 5.74) is 0.635. The third kappa shape index (κ3) is 6.76. The van der Waals surface area contributed by atoms with Gasteiger partial charge in [-0.05, 0) is 36.5 Å². The molecule has 0 spiro atoms. The van der Waals surface area contributed by atoms with Crippen molar-refractivity contribution in [2.45, 2.75) is 51.9 Å². The van der Waals surface area contributed by atoms with E-state index in [9.17, 15) is 24.6 Å². The van der Waals surface area contributed by atoms with Gasteiger partial charge in [-0.15, -0.1) is 0 Å². The summed E-state index contributed by atoms with van der Waals surface area (Å²) in [5, 5.41) is 22.1. The second-order valence-electron chi connectivity index (χ2n) is 7.38. The van der Waals surface area contributed by atoms with Crippen LogP contribution in [0.5, 0.6) is 0 Å². The van der Waals surface area contributed by atoms with E-state index in [2.05, 4.69) is 5.32 Å². The zero-order chi connectivity index (χ0) is 21.6. The summed E-state index contributed by atoms with van der Waals surface area (Å²) in [4.78, 5) is 35.6. The van der Waals surface area contributed by atoms with Crippen LogP contribution in [-0.2, 0) is 29.1 Å². The quantitative estimate of drug-likeness (QED) is 0.510. The van der Waals surface area contributed by atoms with Crippen molar-refractivity contribution >= 4 is 23.5 Å². The molecule has 2 rings (SSSR count). The smallest absolute Gasteiger partial charge is 0.328 e. The predicted octanol–water partition coefficient (Wildman–Crippen LogP) is 2.09. The number of benzene rings is 1. The zero-order valence-electron chi connectivity index (χ0n) is 16.4. The average molecular weight is 424 g/mol. The third-order valence-electron chi connectivity index (χ3n) is 4.53. The molecule has 0 bridgehead atoms. The average Bonchev–Trinajstić information content (AvgIpc) is 2.98. The summed E-state index contributed by atoms with van der Waals surface area (Å²) < 4.78 is 2.76. The van der Waals surface area contributed by atoms with Crippen molar-refractivity contribution in [1.29, 1.82) is 0 Å². The second-order valence-corrected chi connectivity index (χ2v) is 7.82. The lowest BCUT2D eigenvalue weighted by atomic mass is 10.0. The van der Waals surface area contributed by atoms with E-state index in [-0.39, 0.29) is 24.6 Å². The van der Waals surface area contributed by atoms with E-state index in [0.29, 0.717) is 18.0 Å². The standard InChI is InChI=1S/C20H26ClN3O5/c1-13(2)10-16(18(25)26)22-17(19(27)28)12-24-9-8-23(20(24)29)7-6-14-4-3-5-15(21)11-14/h3-5,8-9,11,13,16-17,22H,6-7,10,12H2,1-2H3,(H,25,26)(H,27,28)/t16-,17-/m0/s1. The van der Waals surface area contributed by atoms with Crippen LogP contribution in [-0.4, -0.2) is 43.4 Å². The van der Waals surface area contributed by atoms with Gasteiger partial charge in [0.2, 0.25) is 0 Å². The normalized spacial score (nSPS) is 13.4. The second kappa shape index (κ2) is 10.3. The number of aryl methyl sites for hydroxylation is 2. The number of hydrogen-bond donors (Lipinski definition) is 3. The van der Waals surface area contributed by atoms with E-state index in [1.807, 2.05) is 32.0 Å². The maximum absolute atomic E-state index is 12.6. The van der Waals surface area contributed by atoms with Gasteiger partial charge in [0.05, 0.1) is 6.54 Å². The number of rotatable bonds is 11. The molecule has 2 aromatic rings. The lowest BCUT2D eigenvalue weighted by Crippen LogP contribution is -2.50. The number of halogens is 1. The summed E-state index contributed by atoms with van der Waals surface area (Å²) in [7, 11) is 0. The Bertz CT molecular complexity index is 906. The molecule has 8 nitrogen and oxygen atoms in total. The van der Waals surface area contributed by atoms with E-state index in [4.69, 9.17) is 11.6 Å². The Morgan fingerprint density at radius 1 is 1.10 bits per heavy atom. The topological polar surface area (TPSA) is 114 Å². The first-order valence-corrected chi connectivity index (χ1v) is 9.76. The monoisotopic (exact) mass is 423 g/mol. The molecule has 0 saturated heterocycles. The van der Waals surface area contributed by atoms with Crippen molar-refractivity contribution in [1.82, 2.24) is 14.5 Å². The Morgan fingerprint density at radius 3 is 2.34 bits per heavy atom. The molecular formula is C20H26ClN3O5. The minimum absolute atomic E-state index is 0.0772. The highest BCUT2D eigenvalue weighted by Gasteiger charge is 2.27. The number of carboxylic acids is 2. The number of carboxylic acid groups (broad SMARTS) is 2. The molecule has 158 valence electrons. The summed E-state index contributed by atoms with van der Waals surface area (Å²) in [5.74, 6) is -2.25. The Hall–Kier alpha value is -2.58. The van der Waals surface area contributed by atoms with Crippen molar-refractivity contribution in [2.75, 3.05) is 0 Å². The number of imidazole rings is 1. The molecule has 9 heteroatoms. The van der Waals surface area contributed by atoms with E-state index in [0.717, 1.165) is 5.56 Å². The van der Waals surface area contributed by atoms with Crippen LogP contribution in [0.2, 0.25) is 5.02 Å². The fraction of sp³-hybridized carbons (Fsp3) is 0.450. The highest BCUT2D eigenvalue weighted by atomic mass is 35.5. The molecule has 3 N–H and O–H groups in total. The molecule has 0 amide bonds. The first-order chi connectivity index (χ1) is 13.7. The van der Waals surface area contributed by atoms with Gasteiger partial charge < -0.3 is 10.2 Å². The zero-order valence-corrected chi connectivity index (χ0v) is 17.2. The van der Waals surface area contributed by atoms with Gasteiger partial charge in [-0.3, -0.25) is 24.0 Å². The highest BCUT2D eigenvalue weighted by molar-refractivity contribution is 6.30. The van der Waals surface area contributed by atoms with Gasteiger partial charge in [0, 0.05) is 24.0 Å². The van der Waals surface area contributed by atoms with Crippen LogP contribution in [0.15, 0.2) is 41.5 Å². The molecule has 0 aliphatic carbocycles. The van der Waals surface area contributed by atoms with Gasteiger partial charge >= 0.3 is 17.6 Å². The molecule has 1 heterocycles. The molecule has 29 heavy (non-hydrogen) atoms. The van der Waals surface area contributed by atoms with Gasteiger partial charge in [-0.2, -0.15) is 0 Å². The first kappa shape index (κ1) is 22.7. The lowest BCUT2D eigenvalue weighted by molar-refractivity contribution is -0.143. The number of hydrogen-bond acceptors (Lipinski definition) is 4. The summed E-state index contributed by atoms with van der Waals surface area (Å²) in [6, 6.07) is 5.16. The highest BCUT2D eigenvalue weighted by Crippen LogP contribution is 2.11. The van der Waals surface area contributed by atoms with Crippen LogP contribution in [0, 0.1) is 5.92 Å². The number of carbonyl (C=O) groups is 2. The van der Waals surface area contributed by atoms with Crippen LogP contribution < -0.4 is 11.0 Å². The molecule has 0 aliphatic rings. The third-order valence-corrected chi connectivity index (χ3v) is 4.77. The molecule has 1 aromatic heterocycles. The summed E-state index contributed by atoms with van der Waals surface area (Å²) in [6.07, 6.45) is 3.99. The van der Waals surface area contributed by atoms with Crippen LogP contribution in [0.25, 0.3) is 0 Å². The molecule has 0 aliphatic heterocycles. The summed E-state index contributed by atoms with van der Waals surface area (Å²) in [6.45, 7) is 3.97. The predicted molar refractivity (Wildman–Crippen MR) is 109 cm³/mol. The van der Waals surface area contributed by atoms with Crippen LogP contribution in [0.3, 0.4) is 0 Å². The molecule has 2 atom stereocenters. The number of aromatic nitrogens is 2. The number of aliphatic carboxylic acids is 2. The largest absolute Gasteiger partial charge is 0.480 e. The fourth-order valence-corrected chi connectivity index (χ4v) is 3.27. The Kier molecular flexibility index (Phi) is 8.04. The van der Waals surface area contributed by atoms with Crippen LogP contribution >= 0.6 is 11.6 Å². The minimum atomic E-state index is -1.21. The van der Waals surface area contributed by atoms with E-state index < -0.39 is 24.0 Å².